The van der Waals surface area contributed by atoms with Gasteiger partial charge >= 0.3 is 29.6 Å². The predicted molar refractivity (Wildman–Crippen MR) is 62.8 cm³/mol. The zero-order valence-electron chi connectivity index (χ0n) is 10.9. The van der Waals surface area contributed by atoms with E-state index in [1.165, 1.54) is 6.20 Å². The molecular weight excluding hydrogens is 283 g/mol. The number of nitrogens with one attached hydrogen (secondary N) is 1. The summed E-state index contributed by atoms with van der Waals surface area (Å²) in [6.45, 7) is 1.47. The Kier molecular flexibility index (Phi) is 8.06. The van der Waals surface area contributed by atoms with Crippen molar-refractivity contribution in [2.75, 3.05) is 12.3 Å². The molecule has 0 aliphatic carbocycles. The van der Waals surface area contributed by atoms with E-state index in [0.717, 1.165) is 0 Å². The van der Waals surface area contributed by atoms with Crippen LogP contribution in [0.15, 0.2) is 6.20 Å². The minimum absolute atomic E-state index is 0. The number of nitrogens with zero attached hydrogens (tertiary/aromatic N) is 1. The van der Waals surface area contributed by atoms with E-state index < -0.39 is 15.9 Å². The van der Waals surface area contributed by atoms with Gasteiger partial charge in [0, 0.05) is 30.4 Å². The molecule has 0 aliphatic heterocycles. The molecule has 102 valence electrons. The van der Waals surface area contributed by atoms with Gasteiger partial charge in [-0.3, -0.25) is 4.98 Å². The molecule has 0 bridgehead atoms. The van der Waals surface area contributed by atoms with Gasteiger partial charge in [0.25, 0.3) is 0 Å². The number of rotatable bonds is 6. The molecule has 3 N–H and O–H groups in total. The molecule has 19 heavy (non-hydrogen) atoms. The van der Waals surface area contributed by atoms with Gasteiger partial charge in [-0.1, -0.05) is 0 Å². The first-order chi connectivity index (χ1) is 8.35. The second kappa shape index (κ2) is 8.15. The van der Waals surface area contributed by atoms with Crippen molar-refractivity contribution in [1.82, 2.24) is 10.3 Å². The average Bonchev–Trinajstić information content (AvgIpc) is 2.28. The minimum atomic E-state index is -4.25. The van der Waals surface area contributed by atoms with Gasteiger partial charge in [0.15, 0.2) is 0 Å². The van der Waals surface area contributed by atoms with Gasteiger partial charge in [-0.2, -0.15) is 0 Å². The number of hydrogen-bond donors (Lipinski definition) is 3. The minimum Gasteiger partial charge on any atom is -0.748 e. The van der Waals surface area contributed by atoms with Crippen LogP contribution in [0, 0.1) is 6.92 Å². The molecule has 0 spiro atoms. The molecular formula is C10H15N2NaO5S. The molecule has 1 aromatic rings. The molecule has 0 saturated carbocycles. The second-order valence-electron chi connectivity index (χ2n) is 3.79. The number of aromatic hydroxyl groups is 1. The van der Waals surface area contributed by atoms with Crippen molar-refractivity contribution in [3.63, 3.8) is 0 Å². The van der Waals surface area contributed by atoms with Crippen molar-refractivity contribution in [2.45, 2.75) is 20.1 Å². The Balaban J connectivity index is 0.00000324. The van der Waals surface area contributed by atoms with E-state index in [1.807, 2.05) is 0 Å². The fraction of sp³-hybridized carbons (Fsp3) is 0.500. The van der Waals surface area contributed by atoms with Gasteiger partial charge in [0.2, 0.25) is 0 Å². The van der Waals surface area contributed by atoms with Gasteiger partial charge in [-0.25, -0.2) is 8.42 Å². The second-order valence-corrected chi connectivity index (χ2v) is 5.32. The first-order valence-corrected chi connectivity index (χ1v) is 6.84. The topological polar surface area (TPSA) is 123 Å². The molecule has 1 heterocycles. The van der Waals surface area contributed by atoms with E-state index in [1.54, 1.807) is 6.92 Å². The molecule has 1 rings (SSSR count). The molecule has 0 aromatic carbocycles. The van der Waals surface area contributed by atoms with Crippen LogP contribution in [0.3, 0.4) is 0 Å². The number of aromatic nitrogens is 1. The van der Waals surface area contributed by atoms with Crippen molar-refractivity contribution < 1.29 is 52.7 Å². The Morgan fingerprint density at radius 1 is 1.47 bits per heavy atom. The van der Waals surface area contributed by atoms with E-state index in [2.05, 4.69) is 10.3 Å². The van der Waals surface area contributed by atoms with E-state index in [-0.39, 0.29) is 55.0 Å². The first kappa shape index (κ1) is 18.8. The third kappa shape index (κ3) is 6.17. The van der Waals surface area contributed by atoms with Crippen LogP contribution >= 0.6 is 0 Å². The number of aliphatic hydroxyl groups is 1. The number of hydrogen-bond acceptors (Lipinski definition) is 7. The maximum absolute atomic E-state index is 10.4. The maximum atomic E-state index is 10.4. The SMILES string of the molecule is Cc1ncc(CO)c(CNCCS(=O)(=O)[O-])c1O.[Na+]. The van der Waals surface area contributed by atoms with Gasteiger partial charge in [-0.15, -0.1) is 0 Å². The number of aryl methyl sites for hydroxylation is 1. The number of pyridine rings is 1. The van der Waals surface area contributed by atoms with Crippen LogP contribution in [0.25, 0.3) is 0 Å². The molecule has 1 aromatic heterocycles. The van der Waals surface area contributed by atoms with Gasteiger partial charge < -0.3 is 20.1 Å². The van der Waals surface area contributed by atoms with Crippen molar-refractivity contribution in [2.24, 2.45) is 0 Å². The van der Waals surface area contributed by atoms with Crippen LogP contribution in [0.5, 0.6) is 5.75 Å². The summed E-state index contributed by atoms with van der Waals surface area (Å²) < 4.78 is 31.2. The fourth-order valence-electron chi connectivity index (χ4n) is 1.43. The van der Waals surface area contributed by atoms with Crippen molar-refractivity contribution >= 4 is 10.1 Å². The Hall–Kier alpha value is -0.220. The van der Waals surface area contributed by atoms with Crippen LogP contribution in [-0.2, 0) is 23.3 Å². The smallest absolute Gasteiger partial charge is 0.748 e. The van der Waals surface area contributed by atoms with Crippen molar-refractivity contribution in [1.29, 1.82) is 0 Å². The van der Waals surface area contributed by atoms with E-state index in [4.69, 9.17) is 5.11 Å². The summed E-state index contributed by atoms with van der Waals surface area (Å²) in [5, 5.41) is 21.6. The Labute approximate surface area is 134 Å². The zero-order chi connectivity index (χ0) is 13.8. The molecule has 0 aliphatic rings. The third-order valence-electron chi connectivity index (χ3n) is 2.43. The molecule has 0 atom stereocenters. The van der Waals surface area contributed by atoms with E-state index >= 15 is 0 Å². The average molecular weight is 298 g/mol. The largest absolute Gasteiger partial charge is 1.00 e. The summed E-state index contributed by atoms with van der Waals surface area (Å²) >= 11 is 0. The predicted octanol–water partition coefficient (Wildman–Crippen LogP) is -3.77. The van der Waals surface area contributed by atoms with Crippen LogP contribution in [0.4, 0.5) is 0 Å². The number of aliphatic hydroxyl groups excluding tert-OH is 1. The summed E-state index contributed by atoms with van der Waals surface area (Å²) in [6, 6.07) is 0. The summed E-state index contributed by atoms with van der Waals surface area (Å²) in [7, 11) is -4.25. The van der Waals surface area contributed by atoms with Crippen LogP contribution < -0.4 is 34.9 Å². The zero-order valence-corrected chi connectivity index (χ0v) is 13.7. The Morgan fingerprint density at radius 2 is 2.11 bits per heavy atom. The van der Waals surface area contributed by atoms with Crippen molar-refractivity contribution in [3.8, 4) is 5.75 Å². The molecule has 0 saturated heterocycles. The van der Waals surface area contributed by atoms with Gasteiger partial charge in [-0.05, 0) is 6.92 Å². The van der Waals surface area contributed by atoms with Crippen molar-refractivity contribution in [3.05, 3.63) is 23.0 Å². The van der Waals surface area contributed by atoms with Crippen LogP contribution in [0.1, 0.15) is 16.8 Å². The fourth-order valence-corrected chi connectivity index (χ4v) is 1.82. The monoisotopic (exact) mass is 298 g/mol. The summed E-state index contributed by atoms with van der Waals surface area (Å²) in [6.07, 6.45) is 1.44. The molecule has 0 amide bonds. The Morgan fingerprint density at radius 3 is 2.63 bits per heavy atom. The normalized spacial score (nSPS) is 11.1. The van der Waals surface area contributed by atoms with Crippen LogP contribution in [0.2, 0.25) is 0 Å². The Bertz CT molecular complexity index is 521. The first-order valence-electron chi connectivity index (χ1n) is 5.26. The van der Waals surface area contributed by atoms with Gasteiger partial charge in [0.05, 0.1) is 28.2 Å². The molecule has 9 heteroatoms. The summed E-state index contributed by atoms with van der Waals surface area (Å²) in [5.41, 5.74) is 1.32. The standard InChI is InChI=1S/C10H16N2O5S.Na/c1-7-10(14)9(8(6-13)4-12-7)5-11-2-3-18(15,16)17;/h4,11,13-14H,2-3,5-6H2,1H3,(H,15,16,17);/q;+1/p-1. The van der Waals surface area contributed by atoms with E-state index in [9.17, 15) is 18.1 Å². The third-order valence-corrected chi connectivity index (χ3v) is 3.14. The maximum Gasteiger partial charge on any atom is 1.00 e. The van der Waals surface area contributed by atoms with Gasteiger partial charge in [0.1, 0.15) is 5.75 Å². The van der Waals surface area contributed by atoms with Crippen LogP contribution in [-0.4, -0.2) is 40.5 Å². The van der Waals surface area contributed by atoms with E-state index in [0.29, 0.717) is 16.8 Å². The summed E-state index contributed by atoms with van der Waals surface area (Å²) in [4.78, 5) is 3.89. The molecule has 7 nitrogen and oxygen atoms in total. The molecule has 0 radical (unpaired) electrons. The molecule has 0 fully saturated rings. The quantitative estimate of drug-likeness (QED) is 0.280. The molecule has 0 unspecified atom stereocenters. The summed E-state index contributed by atoms with van der Waals surface area (Å²) in [5.74, 6) is -0.564.